The molecule has 0 bridgehead atoms. The predicted octanol–water partition coefficient (Wildman–Crippen LogP) is 4.48. The molecule has 0 radical (unpaired) electrons. The Kier molecular flexibility index (Phi) is 3.59. The first-order valence-electron chi connectivity index (χ1n) is 6.17. The van der Waals surface area contributed by atoms with Crippen molar-refractivity contribution < 1.29 is 18.0 Å². The summed E-state index contributed by atoms with van der Waals surface area (Å²) in [6, 6.07) is 7.06. The number of benzene rings is 2. The number of halogens is 3. The molecule has 2 aromatic carbocycles. The van der Waals surface area contributed by atoms with E-state index in [0.29, 0.717) is 16.2 Å². The summed E-state index contributed by atoms with van der Waals surface area (Å²) < 4.78 is 40.0. The number of hydrogen-bond donors (Lipinski definition) is 0. The molecule has 106 valence electrons. The summed E-state index contributed by atoms with van der Waals surface area (Å²) in [4.78, 5) is 13.0. The fraction of sp³-hybridized carbons (Fsp3) is 0.0625. The molecular formula is C16H9F3OS. The van der Waals surface area contributed by atoms with Gasteiger partial charge in [0.2, 0.25) is 0 Å². The zero-order valence-corrected chi connectivity index (χ0v) is 11.5. The van der Waals surface area contributed by atoms with Gasteiger partial charge in [0.1, 0.15) is 17.5 Å². The molecule has 21 heavy (non-hydrogen) atoms. The summed E-state index contributed by atoms with van der Waals surface area (Å²) in [6.07, 6.45) is 1.32. The van der Waals surface area contributed by atoms with E-state index in [1.165, 1.54) is 30.0 Å². The van der Waals surface area contributed by atoms with Gasteiger partial charge in [-0.25, -0.2) is 13.2 Å². The van der Waals surface area contributed by atoms with Gasteiger partial charge in [-0.2, -0.15) is 0 Å². The average molecular weight is 306 g/mol. The molecule has 1 aliphatic heterocycles. The lowest BCUT2D eigenvalue weighted by Crippen LogP contribution is -2.12. The van der Waals surface area contributed by atoms with Crippen LogP contribution in [0.4, 0.5) is 13.2 Å². The fourth-order valence-electron chi connectivity index (χ4n) is 2.12. The van der Waals surface area contributed by atoms with Crippen molar-refractivity contribution in [2.45, 2.75) is 4.90 Å². The molecule has 5 heteroatoms. The molecule has 0 saturated carbocycles. The van der Waals surface area contributed by atoms with Crippen molar-refractivity contribution in [2.24, 2.45) is 0 Å². The number of hydrogen-bond acceptors (Lipinski definition) is 2. The molecule has 0 saturated heterocycles. The first kappa shape index (κ1) is 13.9. The van der Waals surface area contributed by atoms with Crippen molar-refractivity contribution in [3.8, 4) is 0 Å². The quantitative estimate of drug-likeness (QED) is 0.723. The molecule has 0 aliphatic carbocycles. The largest absolute Gasteiger partial charge is 0.289 e. The Bertz CT molecular complexity index is 768. The predicted molar refractivity (Wildman–Crippen MR) is 75.8 cm³/mol. The molecule has 1 aliphatic rings. The van der Waals surface area contributed by atoms with Crippen molar-refractivity contribution >= 4 is 23.6 Å². The number of carbonyl (C=O) groups excluding carboxylic acids is 1. The van der Waals surface area contributed by atoms with Crippen molar-refractivity contribution in [3.05, 3.63) is 70.5 Å². The number of Topliss-reactive ketones (excluding diaryl/α,β-unsaturated/α-hetero) is 1. The van der Waals surface area contributed by atoms with Gasteiger partial charge < -0.3 is 0 Å². The summed E-state index contributed by atoms with van der Waals surface area (Å²) in [5.74, 6) is -1.70. The Morgan fingerprint density at radius 1 is 1.00 bits per heavy atom. The number of rotatable bonds is 1. The molecule has 1 nitrogen and oxygen atoms in total. The SMILES string of the molecule is O=C1C(=Cc2cc(F)ccc2F)CSc2ccc(F)cc21. The van der Waals surface area contributed by atoms with Crippen LogP contribution >= 0.6 is 11.8 Å². The van der Waals surface area contributed by atoms with Gasteiger partial charge in [0.25, 0.3) is 0 Å². The van der Waals surface area contributed by atoms with Crippen LogP contribution in [0.1, 0.15) is 15.9 Å². The zero-order chi connectivity index (χ0) is 15.0. The van der Waals surface area contributed by atoms with Gasteiger partial charge in [-0.1, -0.05) is 0 Å². The highest BCUT2D eigenvalue weighted by molar-refractivity contribution is 7.99. The highest BCUT2D eigenvalue weighted by atomic mass is 32.2. The Labute approximate surface area is 123 Å². The zero-order valence-electron chi connectivity index (χ0n) is 10.7. The maximum absolute atomic E-state index is 13.6. The van der Waals surface area contributed by atoms with E-state index in [9.17, 15) is 18.0 Å². The van der Waals surface area contributed by atoms with Gasteiger partial charge in [0.15, 0.2) is 5.78 Å². The molecule has 3 rings (SSSR count). The maximum atomic E-state index is 13.6. The molecule has 0 spiro atoms. The van der Waals surface area contributed by atoms with Crippen LogP contribution in [0.15, 0.2) is 46.9 Å². The molecule has 0 atom stereocenters. The molecule has 2 aromatic rings. The molecule has 0 unspecified atom stereocenters. The van der Waals surface area contributed by atoms with Crippen LogP contribution in [-0.4, -0.2) is 11.5 Å². The van der Waals surface area contributed by atoms with Gasteiger partial charge in [-0.05, 0) is 42.5 Å². The highest BCUT2D eigenvalue weighted by Crippen LogP contribution is 2.34. The summed E-state index contributed by atoms with van der Waals surface area (Å²) in [6.45, 7) is 0. The Morgan fingerprint density at radius 3 is 2.52 bits per heavy atom. The highest BCUT2D eigenvalue weighted by Gasteiger charge is 2.23. The molecule has 1 heterocycles. The minimum absolute atomic E-state index is 0.0128. The van der Waals surface area contributed by atoms with E-state index in [4.69, 9.17) is 0 Å². The third-order valence-corrected chi connectivity index (χ3v) is 4.27. The normalized spacial score (nSPS) is 16.1. The third kappa shape index (κ3) is 2.74. The van der Waals surface area contributed by atoms with Crippen LogP contribution in [0.2, 0.25) is 0 Å². The monoisotopic (exact) mass is 306 g/mol. The Morgan fingerprint density at radius 2 is 1.71 bits per heavy atom. The van der Waals surface area contributed by atoms with Crippen LogP contribution < -0.4 is 0 Å². The van der Waals surface area contributed by atoms with Gasteiger partial charge in [-0.15, -0.1) is 11.8 Å². The lowest BCUT2D eigenvalue weighted by molar-refractivity contribution is 0.103. The Hall–Kier alpha value is -2.01. The van der Waals surface area contributed by atoms with Crippen LogP contribution in [0.3, 0.4) is 0 Å². The van der Waals surface area contributed by atoms with E-state index in [1.807, 2.05) is 0 Å². The topological polar surface area (TPSA) is 17.1 Å². The van der Waals surface area contributed by atoms with Crippen LogP contribution in [-0.2, 0) is 0 Å². The van der Waals surface area contributed by atoms with E-state index in [0.717, 1.165) is 18.2 Å². The first-order valence-corrected chi connectivity index (χ1v) is 7.16. The van der Waals surface area contributed by atoms with E-state index in [2.05, 4.69) is 0 Å². The number of carbonyl (C=O) groups is 1. The van der Waals surface area contributed by atoms with Crippen LogP contribution in [0, 0.1) is 17.5 Å². The molecule has 0 fully saturated rings. The van der Waals surface area contributed by atoms with E-state index in [-0.39, 0.29) is 16.9 Å². The summed E-state index contributed by atoms with van der Waals surface area (Å²) in [7, 11) is 0. The van der Waals surface area contributed by atoms with Crippen molar-refractivity contribution in [3.63, 3.8) is 0 Å². The first-order chi connectivity index (χ1) is 10.0. The minimum atomic E-state index is -0.605. The second-order valence-corrected chi connectivity index (χ2v) is 5.61. The minimum Gasteiger partial charge on any atom is -0.289 e. The lowest BCUT2D eigenvalue weighted by atomic mass is 10.0. The second kappa shape index (κ2) is 5.41. The molecule has 0 aromatic heterocycles. The average Bonchev–Trinajstić information content (AvgIpc) is 2.46. The Balaban J connectivity index is 2.03. The lowest BCUT2D eigenvalue weighted by Gasteiger charge is -2.17. The van der Waals surface area contributed by atoms with Crippen LogP contribution in [0.5, 0.6) is 0 Å². The summed E-state index contributed by atoms with van der Waals surface area (Å²) >= 11 is 1.37. The third-order valence-electron chi connectivity index (χ3n) is 3.15. The van der Waals surface area contributed by atoms with Crippen molar-refractivity contribution in [1.29, 1.82) is 0 Å². The summed E-state index contributed by atoms with van der Waals surface area (Å²) in [5, 5.41) is 0. The maximum Gasteiger partial charge on any atom is 0.191 e. The van der Waals surface area contributed by atoms with Crippen molar-refractivity contribution in [1.82, 2.24) is 0 Å². The number of ketones is 1. The van der Waals surface area contributed by atoms with E-state index < -0.39 is 17.5 Å². The van der Waals surface area contributed by atoms with E-state index in [1.54, 1.807) is 6.07 Å². The van der Waals surface area contributed by atoms with E-state index >= 15 is 0 Å². The van der Waals surface area contributed by atoms with Gasteiger partial charge in [0.05, 0.1) is 0 Å². The molecular weight excluding hydrogens is 297 g/mol. The summed E-state index contributed by atoms with van der Waals surface area (Å²) in [5.41, 5.74) is 0.593. The number of thioether (sulfide) groups is 1. The molecule has 0 N–H and O–H groups in total. The molecule has 0 amide bonds. The smallest absolute Gasteiger partial charge is 0.191 e. The van der Waals surface area contributed by atoms with Gasteiger partial charge in [-0.3, -0.25) is 4.79 Å². The van der Waals surface area contributed by atoms with Gasteiger partial charge in [0, 0.05) is 27.3 Å². The standard InChI is InChI=1S/C16H9F3OS/c17-11-1-3-14(19)9(6-11)5-10-8-21-15-4-2-12(18)7-13(15)16(10)20/h1-7H,8H2. The number of fused-ring (bicyclic) bond motifs is 1. The van der Waals surface area contributed by atoms with Crippen molar-refractivity contribution in [2.75, 3.05) is 5.75 Å². The van der Waals surface area contributed by atoms with Gasteiger partial charge >= 0.3 is 0 Å². The fourth-order valence-corrected chi connectivity index (χ4v) is 3.12. The second-order valence-electron chi connectivity index (χ2n) is 4.59. The van der Waals surface area contributed by atoms with Crippen LogP contribution in [0.25, 0.3) is 6.08 Å².